The molecule has 0 aliphatic heterocycles. The van der Waals surface area contributed by atoms with Gasteiger partial charge in [0.05, 0.1) is 6.10 Å². The molecular formula is C14H22O2. The molecule has 0 radical (unpaired) electrons. The third-order valence-electron chi connectivity index (χ3n) is 2.73. The monoisotopic (exact) mass is 222 g/mol. The van der Waals surface area contributed by atoms with Crippen molar-refractivity contribution in [3.63, 3.8) is 0 Å². The molecule has 0 aromatic heterocycles. The van der Waals surface area contributed by atoms with Gasteiger partial charge in [-0.05, 0) is 31.8 Å². The lowest BCUT2D eigenvalue weighted by atomic mass is 9.96. The summed E-state index contributed by atoms with van der Waals surface area (Å²) in [5.41, 5.74) is 2.60. The molecule has 16 heavy (non-hydrogen) atoms. The van der Waals surface area contributed by atoms with Gasteiger partial charge in [0.25, 0.3) is 0 Å². The van der Waals surface area contributed by atoms with Crippen molar-refractivity contribution in [3.05, 3.63) is 35.5 Å². The van der Waals surface area contributed by atoms with Gasteiger partial charge in [0, 0.05) is 20.8 Å². The van der Waals surface area contributed by atoms with Gasteiger partial charge >= 0.3 is 0 Å². The number of methoxy groups -OCH3 is 2. The van der Waals surface area contributed by atoms with Gasteiger partial charge in [-0.2, -0.15) is 0 Å². The van der Waals surface area contributed by atoms with Crippen LogP contribution in [0.1, 0.15) is 26.2 Å². The fraction of sp³-hybridized carbons (Fsp3) is 0.571. The molecule has 0 bridgehead atoms. The van der Waals surface area contributed by atoms with Crippen LogP contribution in [-0.2, 0) is 9.47 Å². The summed E-state index contributed by atoms with van der Waals surface area (Å²) in [6, 6.07) is 0. The van der Waals surface area contributed by atoms with Crippen molar-refractivity contribution in [3.8, 4) is 0 Å². The number of hydrogen-bond acceptors (Lipinski definition) is 2. The Morgan fingerprint density at radius 2 is 2.25 bits per heavy atom. The predicted molar refractivity (Wildman–Crippen MR) is 67.5 cm³/mol. The van der Waals surface area contributed by atoms with Crippen LogP contribution in [0.3, 0.4) is 0 Å². The fourth-order valence-corrected chi connectivity index (χ4v) is 1.80. The van der Waals surface area contributed by atoms with Gasteiger partial charge in [-0.15, -0.1) is 0 Å². The van der Waals surface area contributed by atoms with Crippen LogP contribution in [-0.4, -0.2) is 26.9 Å². The van der Waals surface area contributed by atoms with Crippen molar-refractivity contribution >= 4 is 0 Å². The molecule has 1 atom stereocenters. The van der Waals surface area contributed by atoms with E-state index >= 15 is 0 Å². The lowest BCUT2D eigenvalue weighted by molar-refractivity contribution is 0.135. The van der Waals surface area contributed by atoms with Crippen molar-refractivity contribution in [1.82, 2.24) is 0 Å². The second-order valence-corrected chi connectivity index (χ2v) is 4.09. The molecule has 2 heteroatoms. The van der Waals surface area contributed by atoms with E-state index in [4.69, 9.17) is 9.47 Å². The first-order valence-electron chi connectivity index (χ1n) is 5.84. The molecule has 0 spiro atoms. The second kappa shape index (κ2) is 7.42. The van der Waals surface area contributed by atoms with Crippen LogP contribution in [0.2, 0.25) is 0 Å². The Labute approximate surface area is 98.6 Å². The summed E-state index contributed by atoms with van der Waals surface area (Å²) in [5, 5.41) is 0. The summed E-state index contributed by atoms with van der Waals surface area (Å²) in [7, 11) is 3.51. The zero-order valence-electron chi connectivity index (χ0n) is 10.5. The van der Waals surface area contributed by atoms with E-state index in [1.165, 1.54) is 11.1 Å². The maximum atomic E-state index is 5.44. The quantitative estimate of drug-likeness (QED) is 0.642. The van der Waals surface area contributed by atoms with Crippen molar-refractivity contribution in [1.29, 1.82) is 0 Å². The van der Waals surface area contributed by atoms with Crippen LogP contribution < -0.4 is 0 Å². The Morgan fingerprint density at radius 3 is 2.94 bits per heavy atom. The molecular weight excluding hydrogens is 200 g/mol. The highest BCUT2D eigenvalue weighted by atomic mass is 16.5. The highest BCUT2D eigenvalue weighted by Crippen LogP contribution is 2.21. The van der Waals surface area contributed by atoms with Crippen molar-refractivity contribution in [2.75, 3.05) is 20.8 Å². The highest BCUT2D eigenvalue weighted by Gasteiger charge is 2.13. The van der Waals surface area contributed by atoms with E-state index in [1.807, 2.05) is 0 Å². The van der Waals surface area contributed by atoms with Gasteiger partial charge in [0.2, 0.25) is 0 Å². The van der Waals surface area contributed by atoms with Gasteiger partial charge < -0.3 is 9.47 Å². The number of hydrogen-bond donors (Lipinski definition) is 0. The van der Waals surface area contributed by atoms with Gasteiger partial charge in [-0.25, -0.2) is 0 Å². The zero-order valence-corrected chi connectivity index (χ0v) is 10.5. The van der Waals surface area contributed by atoms with Crippen LogP contribution in [0, 0.1) is 0 Å². The van der Waals surface area contributed by atoms with E-state index in [0.29, 0.717) is 0 Å². The first-order chi connectivity index (χ1) is 7.77. The Morgan fingerprint density at radius 1 is 1.44 bits per heavy atom. The number of unbranched alkanes of at least 4 members (excludes halogenated alkanes) is 1. The molecule has 0 saturated carbocycles. The largest absolute Gasteiger partial charge is 0.385 e. The fourth-order valence-electron chi connectivity index (χ4n) is 1.80. The van der Waals surface area contributed by atoms with E-state index in [2.05, 4.69) is 31.2 Å². The van der Waals surface area contributed by atoms with E-state index in [-0.39, 0.29) is 6.10 Å². The van der Waals surface area contributed by atoms with Crippen LogP contribution >= 0.6 is 0 Å². The summed E-state index contributed by atoms with van der Waals surface area (Å²) in [4.78, 5) is 0. The molecule has 0 amide bonds. The molecule has 1 aliphatic carbocycles. The number of rotatable bonds is 6. The van der Waals surface area contributed by atoms with Crippen molar-refractivity contribution < 1.29 is 9.47 Å². The Hall–Kier alpha value is -0.860. The smallest absolute Gasteiger partial charge is 0.0855 e. The first kappa shape index (κ1) is 13.2. The maximum absolute atomic E-state index is 5.44. The van der Waals surface area contributed by atoms with Gasteiger partial charge in [-0.3, -0.25) is 0 Å². The summed E-state index contributed by atoms with van der Waals surface area (Å²) < 4.78 is 10.5. The molecule has 2 nitrogen and oxygen atoms in total. The number of allylic oxidation sites excluding steroid dienone is 3. The first-order valence-corrected chi connectivity index (χ1v) is 5.84. The van der Waals surface area contributed by atoms with Crippen LogP contribution in [0.4, 0.5) is 0 Å². The van der Waals surface area contributed by atoms with E-state index in [1.54, 1.807) is 14.2 Å². The molecule has 0 heterocycles. The normalized spacial score (nSPS) is 21.1. The summed E-state index contributed by atoms with van der Waals surface area (Å²) in [5.74, 6) is 0. The summed E-state index contributed by atoms with van der Waals surface area (Å²) in [6.45, 7) is 2.96. The lowest BCUT2D eigenvalue weighted by Crippen LogP contribution is -2.14. The minimum atomic E-state index is 0.224. The molecule has 0 saturated heterocycles. The van der Waals surface area contributed by atoms with E-state index in [9.17, 15) is 0 Å². The molecule has 0 N–H and O–H groups in total. The van der Waals surface area contributed by atoms with Crippen LogP contribution in [0.15, 0.2) is 35.5 Å². The van der Waals surface area contributed by atoms with E-state index < -0.39 is 0 Å². The van der Waals surface area contributed by atoms with Crippen molar-refractivity contribution in [2.45, 2.75) is 32.3 Å². The molecule has 0 fully saturated rings. The molecule has 1 rings (SSSR count). The van der Waals surface area contributed by atoms with Gasteiger partial charge in [0.1, 0.15) is 0 Å². The highest BCUT2D eigenvalue weighted by molar-refractivity contribution is 5.36. The van der Waals surface area contributed by atoms with Crippen LogP contribution in [0.5, 0.6) is 0 Å². The molecule has 0 aromatic carbocycles. The molecule has 0 aromatic rings. The third-order valence-corrected chi connectivity index (χ3v) is 2.73. The summed E-state index contributed by atoms with van der Waals surface area (Å²) in [6.07, 6.45) is 12.1. The van der Waals surface area contributed by atoms with Crippen molar-refractivity contribution in [2.24, 2.45) is 0 Å². The minimum Gasteiger partial charge on any atom is -0.385 e. The molecule has 1 unspecified atom stereocenters. The molecule has 1 aliphatic rings. The zero-order chi connectivity index (χ0) is 11.8. The average Bonchev–Trinajstić information content (AvgIpc) is 2.29. The molecule has 90 valence electrons. The van der Waals surface area contributed by atoms with Crippen LogP contribution in [0.25, 0.3) is 0 Å². The summed E-state index contributed by atoms with van der Waals surface area (Å²) >= 11 is 0. The number of ether oxygens (including phenoxy) is 2. The second-order valence-electron chi connectivity index (χ2n) is 4.09. The third kappa shape index (κ3) is 4.33. The average molecular weight is 222 g/mol. The standard InChI is InChI=1S/C14H22O2/c1-12-8-9-14(16-3)13(11-12)7-5-4-6-10-15-2/h5,7-8,11,14H,4,6,9-10H2,1-3H3/b7-5+. The Kier molecular flexibility index (Phi) is 6.12. The SMILES string of the molecule is COCCC/C=C/C1=CC(C)=CCC1OC. The van der Waals surface area contributed by atoms with Gasteiger partial charge in [-0.1, -0.05) is 29.9 Å². The Balaban J connectivity index is 2.46. The van der Waals surface area contributed by atoms with Gasteiger partial charge in [0.15, 0.2) is 0 Å². The topological polar surface area (TPSA) is 18.5 Å². The Bertz CT molecular complexity index is 287. The van der Waals surface area contributed by atoms with E-state index in [0.717, 1.165) is 25.9 Å². The maximum Gasteiger partial charge on any atom is 0.0855 e. The predicted octanol–water partition coefficient (Wildman–Crippen LogP) is 3.26. The lowest BCUT2D eigenvalue weighted by Gasteiger charge is -2.19. The minimum absolute atomic E-state index is 0.224.